The summed E-state index contributed by atoms with van der Waals surface area (Å²) in [5, 5.41) is 2.73. The van der Waals surface area contributed by atoms with Gasteiger partial charge in [0.05, 0.1) is 11.3 Å². The van der Waals surface area contributed by atoms with Crippen molar-refractivity contribution in [3.63, 3.8) is 0 Å². The minimum Gasteiger partial charge on any atom is -0.423 e. The van der Waals surface area contributed by atoms with Gasteiger partial charge in [0.15, 0.2) is 0 Å². The molecule has 6 nitrogen and oxygen atoms in total. The number of anilines is 2. The molecule has 0 spiro atoms. The van der Waals surface area contributed by atoms with Gasteiger partial charge in [-0.05, 0) is 78.9 Å². The lowest BCUT2D eigenvalue weighted by Crippen LogP contribution is -2.32. The van der Waals surface area contributed by atoms with Gasteiger partial charge in [0.2, 0.25) is 0 Å². The van der Waals surface area contributed by atoms with Crippen LogP contribution in [0.3, 0.4) is 0 Å². The molecule has 7 heteroatoms. The van der Waals surface area contributed by atoms with Crippen molar-refractivity contribution in [2.24, 2.45) is 0 Å². The number of imide groups is 1. The molecule has 4 rings (SSSR count). The van der Waals surface area contributed by atoms with E-state index in [4.69, 9.17) is 16.3 Å². The van der Waals surface area contributed by atoms with E-state index in [1.807, 2.05) is 44.2 Å². The molecule has 0 radical (unpaired) electrons. The summed E-state index contributed by atoms with van der Waals surface area (Å²) in [6.07, 6.45) is 0. The van der Waals surface area contributed by atoms with E-state index in [-0.39, 0.29) is 10.7 Å². The molecule has 3 aromatic carbocycles. The van der Waals surface area contributed by atoms with Crippen molar-refractivity contribution in [1.82, 2.24) is 0 Å². The van der Waals surface area contributed by atoms with Crippen LogP contribution >= 0.6 is 11.6 Å². The molecule has 0 fully saturated rings. The number of hydrogen-bond acceptors (Lipinski definition) is 5. The Kier molecular flexibility index (Phi) is 6.76. The molecule has 0 aliphatic carbocycles. The molecule has 1 aliphatic heterocycles. The van der Waals surface area contributed by atoms with Crippen LogP contribution in [0.4, 0.5) is 11.4 Å². The molecule has 0 aromatic heterocycles. The van der Waals surface area contributed by atoms with Gasteiger partial charge in [-0.15, -0.1) is 0 Å². The fraction of sp³-hybridized carbons (Fsp3) is 0.179. The van der Waals surface area contributed by atoms with Crippen molar-refractivity contribution in [3.8, 4) is 5.75 Å². The van der Waals surface area contributed by atoms with Crippen molar-refractivity contribution in [2.45, 2.75) is 33.6 Å². The summed E-state index contributed by atoms with van der Waals surface area (Å²) in [5.41, 5.74) is 4.10. The SMILES string of the molecule is Cc1ccc(C)c(N2C(=O)C(Cl)=C(Nc3ccc(C(=O)Oc4cccc(C(C)C)c4)cc3)C2=O)c1. The second kappa shape index (κ2) is 9.76. The molecular weight excluding hydrogens is 464 g/mol. The number of carbonyl (C=O) groups is 3. The largest absolute Gasteiger partial charge is 0.423 e. The maximum Gasteiger partial charge on any atom is 0.343 e. The van der Waals surface area contributed by atoms with Crippen LogP contribution in [-0.4, -0.2) is 17.8 Å². The number of halogens is 1. The normalized spacial score (nSPS) is 13.6. The van der Waals surface area contributed by atoms with E-state index >= 15 is 0 Å². The number of amides is 2. The molecular formula is C28H25ClN2O4. The number of nitrogens with zero attached hydrogens (tertiary/aromatic N) is 1. The van der Waals surface area contributed by atoms with Crippen LogP contribution in [-0.2, 0) is 9.59 Å². The summed E-state index contributed by atoms with van der Waals surface area (Å²) in [4.78, 5) is 39.5. The van der Waals surface area contributed by atoms with Gasteiger partial charge >= 0.3 is 5.97 Å². The zero-order valence-electron chi connectivity index (χ0n) is 19.9. The lowest BCUT2D eigenvalue weighted by Gasteiger charge is -2.18. The molecule has 1 heterocycles. The molecule has 178 valence electrons. The summed E-state index contributed by atoms with van der Waals surface area (Å²) in [7, 11) is 0. The lowest BCUT2D eigenvalue weighted by atomic mass is 10.0. The molecule has 3 aromatic rings. The number of aryl methyl sites for hydroxylation is 2. The van der Waals surface area contributed by atoms with Crippen molar-refractivity contribution in [1.29, 1.82) is 0 Å². The van der Waals surface area contributed by atoms with E-state index in [2.05, 4.69) is 19.2 Å². The maximum atomic E-state index is 13.1. The minimum atomic E-state index is -0.586. The molecule has 0 atom stereocenters. The van der Waals surface area contributed by atoms with E-state index in [1.54, 1.807) is 36.4 Å². The summed E-state index contributed by atoms with van der Waals surface area (Å²) < 4.78 is 5.50. The predicted octanol–water partition coefficient (Wildman–Crippen LogP) is 6.08. The van der Waals surface area contributed by atoms with Gasteiger partial charge in [-0.1, -0.05) is 49.7 Å². The van der Waals surface area contributed by atoms with Gasteiger partial charge in [-0.25, -0.2) is 9.69 Å². The summed E-state index contributed by atoms with van der Waals surface area (Å²) in [6, 6.07) is 19.3. The standard InChI is InChI=1S/C28H25ClN2O4/c1-16(2)20-6-5-7-22(15-20)35-28(34)19-10-12-21(13-11-19)30-25-24(29)26(32)31(27(25)33)23-14-17(3)8-9-18(23)4/h5-16,30H,1-4H3. The highest BCUT2D eigenvalue weighted by molar-refractivity contribution is 6.53. The van der Waals surface area contributed by atoms with Gasteiger partial charge in [-0.2, -0.15) is 0 Å². The third kappa shape index (κ3) is 4.98. The van der Waals surface area contributed by atoms with Crippen molar-refractivity contribution >= 4 is 40.8 Å². The second-order valence-electron chi connectivity index (χ2n) is 8.74. The Morgan fingerprint density at radius 3 is 2.34 bits per heavy atom. The third-order valence-electron chi connectivity index (χ3n) is 5.76. The van der Waals surface area contributed by atoms with E-state index in [0.717, 1.165) is 21.6 Å². The fourth-order valence-electron chi connectivity index (χ4n) is 3.73. The Bertz CT molecular complexity index is 1360. The molecule has 2 amide bonds. The van der Waals surface area contributed by atoms with Crippen molar-refractivity contribution in [3.05, 3.63) is 99.7 Å². The molecule has 35 heavy (non-hydrogen) atoms. The summed E-state index contributed by atoms with van der Waals surface area (Å²) in [6.45, 7) is 7.85. The maximum absolute atomic E-state index is 13.1. The van der Waals surface area contributed by atoms with E-state index < -0.39 is 17.8 Å². The monoisotopic (exact) mass is 488 g/mol. The number of nitrogens with one attached hydrogen (secondary N) is 1. The average molecular weight is 489 g/mol. The molecule has 1 aliphatic rings. The van der Waals surface area contributed by atoms with Crippen LogP contribution in [0.2, 0.25) is 0 Å². The van der Waals surface area contributed by atoms with Crippen LogP contribution in [0.15, 0.2) is 77.5 Å². The van der Waals surface area contributed by atoms with Crippen molar-refractivity contribution in [2.75, 3.05) is 10.2 Å². The number of carbonyl (C=O) groups excluding carboxylic acids is 3. The van der Waals surface area contributed by atoms with Crippen LogP contribution < -0.4 is 15.0 Å². The van der Waals surface area contributed by atoms with E-state index in [1.165, 1.54) is 0 Å². The highest BCUT2D eigenvalue weighted by atomic mass is 35.5. The van der Waals surface area contributed by atoms with Crippen molar-refractivity contribution < 1.29 is 19.1 Å². The van der Waals surface area contributed by atoms with Crippen LogP contribution in [0, 0.1) is 13.8 Å². The molecule has 0 saturated heterocycles. The van der Waals surface area contributed by atoms with Crippen LogP contribution in [0.1, 0.15) is 46.8 Å². The zero-order valence-corrected chi connectivity index (χ0v) is 20.6. The highest BCUT2D eigenvalue weighted by Crippen LogP contribution is 2.32. The molecule has 0 bridgehead atoms. The first-order valence-corrected chi connectivity index (χ1v) is 11.6. The Hall–Kier alpha value is -3.90. The Labute approximate surface area is 209 Å². The number of rotatable bonds is 6. The van der Waals surface area contributed by atoms with Gasteiger partial charge in [0.1, 0.15) is 16.5 Å². The topological polar surface area (TPSA) is 75.7 Å². The average Bonchev–Trinajstić information content (AvgIpc) is 3.04. The van der Waals surface area contributed by atoms with E-state index in [0.29, 0.717) is 28.6 Å². The minimum absolute atomic E-state index is 0.0154. The third-order valence-corrected chi connectivity index (χ3v) is 6.11. The number of hydrogen-bond donors (Lipinski definition) is 1. The summed E-state index contributed by atoms with van der Waals surface area (Å²) >= 11 is 6.25. The van der Waals surface area contributed by atoms with Gasteiger partial charge in [0.25, 0.3) is 11.8 Å². The molecule has 0 saturated carbocycles. The Balaban J connectivity index is 1.49. The number of esters is 1. The molecule has 1 N–H and O–H groups in total. The first-order chi connectivity index (χ1) is 16.7. The number of ether oxygens (including phenoxy) is 1. The zero-order chi connectivity index (χ0) is 25.3. The summed E-state index contributed by atoms with van der Waals surface area (Å²) in [5.74, 6) is -0.833. The predicted molar refractivity (Wildman–Crippen MR) is 137 cm³/mol. The Morgan fingerprint density at radius 1 is 0.943 bits per heavy atom. The first-order valence-electron chi connectivity index (χ1n) is 11.2. The van der Waals surface area contributed by atoms with Gasteiger partial charge < -0.3 is 10.1 Å². The van der Waals surface area contributed by atoms with Gasteiger partial charge in [0, 0.05) is 5.69 Å². The smallest absolute Gasteiger partial charge is 0.343 e. The second-order valence-corrected chi connectivity index (χ2v) is 9.12. The Morgan fingerprint density at radius 2 is 1.66 bits per heavy atom. The quantitative estimate of drug-likeness (QED) is 0.258. The first kappa shape index (κ1) is 24.2. The molecule has 0 unspecified atom stereocenters. The highest BCUT2D eigenvalue weighted by Gasteiger charge is 2.39. The number of benzene rings is 3. The van der Waals surface area contributed by atoms with Crippen LogP contribution in [0.25, 0.3) is 0 Å². The van der Waals surface area contributed by atoms with E-state index in [9.17, 15) is 14.4 Å². The lowest BCUT2D eigenvalue weighted by molar-refractivity contribution is -0.120. The van der Waals surface area contributed by atoms with Crippen LogP contribution in [0.5, 0.6) is 5.75 Å². The van der Waals surface area contributed by atoms with Gasteiger partial charge in [-0.3, -0.25) is 9.59 Å². The fourth-order valence-corrected chi connectivity index (χ4v) is 3.94.